The summed E-state index contributed by atoms with van der Waals surface area (Å²) < 4.78 is 30.3. The summed E-state index contributed by atoms with van der Waals surface area (Å²) in [6.45, 7) is 10.9. The topological polar surface area (TPSA) is 78.3 Å². The number of halogens is 2. The molecule has 1 saturated heterocycles. The molecule has 3 aromatic rings. The molecular formula is C25H30F2N6O. The van der Waals surface area contributed by atoms with Gasteiger partial charge in [0, 0.05) is 31.2 Å². The van der Waals surface area contributed by atoms with Crippen LogP contribution in [0.3, 0.4) is 0 Å². The van der Waals surface area contributed by atoms with Gasteiger partial charge < -0.3 is 14.9 Å². The van der Waals surface area contributed by atoms with Crippen LogP contribution in [0.5, 0.6) is 0 Å². The molecule has 1 aliphatic heterocycles. The highest BCUT2D eigenvalue weighted by Crippen LogP contribution is 2.38. The predicted octanol–water partition coefficient (Wildman–Crippen LogP) is 3.97. The van der Waals surface area contributed by atoms with Crippen LogP contribution in [-0.2, 0) is 11.5 Å². The van der Waals surface area contributed by atoms with Crippen molar-refractivity contribution < 1.29 is 13.9 Å². The van der Waals surface area contributed by atoms with E-state index >= 15 is 8.78 Å². The second-order valence-corrected chi connectivity index (χ2v) is 9.37. The van der Waals surface area contributed by atoms with Crippen LogP contribution in [0.4, 0.5) is 20.4 Å². The van der Waals surface area contributed by atoms with Crippen molar-refractivity contribution in [2.45, 2.75) is 52.2 Å². The number of aliphatic hydroxyl groups is 1. The van der Waals surface area contributed by atoms with Crippen molar-refractivity contribution in [2.75, 3.05) is 29.4 Å². The zero-order valence-corrected chi connectivity index (χ0v) is 20.1. The number of hydrogen-bond donors (Lipinski definition) is 1. The molecule has 180 valence electrons. The quantitative estimate of drug-likeness (QED) is 0.607. The molecule has 0 aliphatic carbocycles. The number of aromatic nitrogens is 4. The molecule has 0 bridgehead atoms. The molecule has 0 radical (unpaired) electrons. The third-order valence-corrected chi connectivity index (χ3v) is 6.42. The van der Waals surface area contributed by atoms with Gasteiger partial charge in [0.05, 0.1) is 18.1 Å². The molecule has 1 aliphatic rings. The minimum absolute atomic E-state index is 0.0861. The lowest BCUT2D eigenvalue weighted by atomic mass is 9.99. The minimum atomic E-state index is -3.22. The number of benzene rings is 1. The summed E-state index contributed by atoms with van der Waals surface area (Å²) in [4.78, 5) is 13.1. The largest absolute Gasteiger partial charge is 0.384 e. The highest BCUT2D eigenvalue weighted by molar-refractivity contribution is 5.53. The summed E-state index contributed by atoms with van der Waals surface area (Å²) in [5, 5.41) is 18.3. The van der Waals surface area contributed by atoms with Crippen molar-refractivity contribution >= 4 is 11.6 Å². The summed E-state index contributed by atoms with van der Waals surface area (Å²) in [7, 11) is 0. The molecule has 2 aromatic heterocycles. The van der Waals surface area contributed by atoms with Gasteiger partial charge in [-0.25, -0.2) is 4.98 Å². The molecule has 4 rings (SSSR count). The third-order valence-electron chi connectivity index (χ3n) is 6.42. The molecule has 1 N–H and O–H groups in total. The van der Waals surface area contributed by atoms with Gasteiger partial charge in [-0.15, -0.1) is 10.2 Å². The average Bonchev–Trinajstić information content (AvgIpc) is 2.80. The Balaban J connectivity index is 1.54. The second kappa shape index (κ2) is 8.87. The fraction of sp³-hybridized carbons (Fsp3) is 0.440. The molecular weight excluding hydrogens is 438 g/mol. The van der Waals surface area contributed by atoms with Crippen LogP contribution in [-0.4, -0.2) is 50.9 Å². The number of piperazine rings is 1. The Kier molecular flexibility index (Phi) is 6.24. The van der Waals surface area contributed by atoms with Gasteiger partial charge in [0.15, 0.2) is 5.82 Å². The van der Waals surface area contributed by atoms with E-state index in [9.17, 15) is 5.11 Å². The van der Waals surface area contributed by atoms with Crippen molar-refractivity contribution in [3.63, 3.8) is 0 Å². The molecule has 34 heavy (non-hydrogen) atoms. The van der Waals surface area contributed by atoms with E-state index in [-0.39, 0.29) is 17.3 Å². The standard InChI is InChI=1S/C25H30F2N6O/c1-16-15-32(11-12-33(16)21-14-28-20(13-29-21)24(4,5)34)23-18(3)17(2)22(30-31-23)25(26,27)19-9-7-6-8-10-19/h6-10,13-14,16,34H,11-12,15H2,1-5H3. The maximum atomic E-state index is 15.2. The van der Waals surface area contributed by atoms with Gasteiger partial charge in [-0.3, -0.25) is 4.98 Å². The maximum Gasteiger partial charge on any atom is 0.317 e. The lowest BCUT2D eigenvalue weighted by molar-refractivity contribution is 0.0362. The fourth-order valence-corrected chi connectivity index (χ4v) is 4.25. The Bertz CT molecular complexity index is 1150. The first-order chi connectivity index (χ1) is 16.0. The van der Waals surface area contributed by atoms with E-state index in [4.69, 9.17) is 0 Å². The van der Waals surface area contributed by atoms with Crippen LogP contribution in [0.2, 0.25) is 0 Å². The highest BCUT2D eigenvalue weighted by atomic mass is 19.3. The van der Waals surface area contributed by atoms with Gasteiger partial charge >= 0.3 is 5.92 Å². The first kappa shape index (κ1) is 23.9. The summed E-state index contributed by atoms with van der Waals surface area (Å²) in [6.07, 6.45) is 3.27. The normalized spacial score (nSPS) is 17.2. The van der Waals surface area contributed by atoms with Crippen molar-refractivity contribution in [3.8, 4) is 0 Å². The van der Waals surface area contributed by atoms with E-state index in [1.54, 1.807) is 51.4 Å². The summed E-state index contributed by atoms with van der Waals surface area (Å²) in [5.74, 6) is -1.86. The SMILES string of the molecule is Cc1c(N2CCN(c3cnc(C(C)(C)O)cn3)C(C)C2)nnc(C(F)(F)c2ccccc2)c1C. The van der Waals surface area contributed by atoms with E-state index in [2.05, 4.69) is 36.9 Å². The maximum absolute atomic E-state index is 15.2. The number of anilines is 2. The molecule has 0 amide bonds. The van der Waals surface area contributed by atoms with Crippen molar-refractivity contribution in [1.82, 2.24) is 20.2 Å². The van der Waals surface area contributed by atoms with Crippen LogP contribution in [0, 0.1) is 13.8 Å². The summed E-state index contributed by atoms with van der Waals surface area (Å²) in [6, 6.07) is 7.79. The third kappa shape index (κ3) is 4.44. The van der Waals surface area contributed by atoms with Crippen molar-refractivity contribution in [3.05, 3.63) is 70.8 Å². The molecule has 9 heteroatoms. The number of nitrogens with zero attached hydrogens (tertiary/aromatic N) is 6. The molecule has 1 aromatic carbocycles. The predicted molar refractivity (Wildman–Crippen MR) is 127 cm³/mol. The second-order valence-electron chi connectivity index (χ2n) is 9.37. The lowest BCUT2D eigenvalue weighted by Crippen LogP contribution is -2.53. The van der Waals surface area contributed by atoms with E-state index in [0.29, 0.717) is 42.3 Å². The highest BCUT2D eigenvalue weighted by Gasteiger charge is 2.39. The molecule has 3 heterocycles. The van der Waals surface area contributed by atoms with Crippen LogP contribution in [0.25, 0.3) is 0 Å². The Labute approximate surface area is 198 Å². The smallest absolute Gasteiger partial charge is 0.317 e. The summed E-state index contributed by atoms with van der Waals surface area (Å²) in [5.41, 5.74) is 0.203. The van der Waals surface area contributed by atoms with Crippen LogP contribution in [0.1, 0.15) is 48.8 Å². The molecule has 1 unspecified atom stereocenters. The first-order valence-electron chi connectivity index (χ1n) is 11.3. The molecule has 1 fully saturated rings. The van der Waals surface area contributed by atoms with Crippen LogP contribution in [0.15, 0.2) is 42.7 Å². The number of alkyl halides is 2. The van der Waals surface area contributed by atoms with Crippen LogP contribution >= 0.6 is 0 Å². The number of hydrogen-bond acceptors (Lipinski definition) is 7. The van der Waals surface area contributed by atoms with Crippen LogP contribution < -0.4 is 9.80 Å². The van der Waals surface area contributed by atoms with Gasteiger partial charge in [0.1, 0.15) is 17.1 Å². The van der Waals surface area contributed by atoms with Gasteiger partial charge in [0.25, 0.3) is 0 Å². The Morgan fingerprint density at radius 3 is 2.26 bits per heavy atom. The van der Waals surface area contributed by atoms with E-state index in [1.807, 2.05) is 6.92 Å². The Morgan fingerprint density at radius 1 is 0.971 bits per heavy atom. The zero-order chi connectivity index (χ0) is 24.7. The van der Waals surface area contributed by atoms with E-state index in [0.717, 1.165) is 5.82 Å². The monoisotopic (exact) mass is 468 g/mol. The van der Waals surface area contributed by atoms with Gasteiger partial charge in [-0.05, 0) is 45.7 Å². The molecule has 1 atom stereocenters. The zero-order valence-electron chi connectivity index (χ0n) is 20.1. The van der Waals surface area contributed by atoms with E-state index in [1.165, 1.54) is 12.1 Å². The number of rotatable bonds is 5. The lowest BCUT2D eigenvalue weighted by Gasteiger charge is -2.41. The first-order valence-corrected chi connectivity index (χ1v) is 11.3. The molecule has 0 spiro atoms. The molecule has 0 saturated carbocycles. The van der Waals surface area contributed by atoms with Gasteiger partial charge in [0.2, 0.25) is 0 Å². The summed E-state index contributed by atoms with van der Waals surface area (Å²) >= 11 is 0. The Hall–Kier alpha value is -3.20. The fourth-order valence-electron chi connectivity index (χ4n) is 4.25. The van der Waals surface area contributed by atoms with Gasteiger partial charge in [-0.1, -0.05) is 30.3 Å². The average molecular weight is 469 g/mol. The van der Waals surface area contributed by atoms with Crippen molar-refractivity contribution in [1.29, 1.82) is 0 Å². The van der Waals surface area contributed by atoms with Crippen molar-refractivity contribution in [2.24, 2.45) is 0 Å². The molecule has 7 nitrogen and oxygen atoms in total. The van der Waals surface area contributed by atoms with E-state index < -0.39 is 11.5 Å². The Morgan fingerprint density at radius 2 is 1.68 bits per heavy atom. The van der Waals surface area contributed by atoms with Gasteiger partial charge in [-0.2, -0.15) is 8.78 Å². The minimum Gasteiger partial charge on any atom is -0.384 e.